The molecule has 8 nitrogen and oxygen atoms in total. The molecule has 0 aliphatic rings. The van der Waals surface area contributed by atoms with E-state index in [1.165, 1.54) is 7.11 Å². The summed E-state index contributed by atoms with van der Waals surface area (Å²) in [5.41, 5.74) is -0.202. The highest BCUT2D eigenvalue weighted by molar-refractivity contribution is 5.99. The first-order valence-electron chi connectivity index (χ1n) is 11.8. The van der Waals surface area contributed by atoms with E-state index in [-0.39, 0.29) is 23.9 Å². The van der Waals surface area contributed by atoms with Crippen LogP contribution in [0, 0.1) is 5.82 Å². The normalized spacial score (nSPS) is 13.5. The molecule has 3 rings (SSSR count). The molecule has 0 aliphatic carbocycles. The Morgan fingerprint density at radius 3 is 2.77 bits per heavy atom. The Morgan fingerprint density at radius 2 is 2.03 bits per heavy atom. The number of carbonyl (C=O) groups excluding carboxylic acids is 1. The highest BCUT2D eigenvalue weighted by atomic mass is 19.1. The minimum absolute atomic E-state index is 0.0465. The van der Waals surface area contributed by atoms with E-state index >= 15 is 0 Å². The molecule has 0 atom stereocenters. The number of nitrogens with one attached hydrogen (secondary N) is 3. The van der Waals surface area contributed by atoms with Crippen LogP contribution in [0.25, 0.3) is 0 Å². The average molecular weight is 429 g/mol. The number of aromatic nitrogens is 2. The van der Waals surface area contributed by atoms with Gasteiger partial charge in [-0.15, -0.1) is 0 Å². The zero-order chi connectivity index (χ0) is 27.3. The van der Waals surface area contributed by atoms with Gasteiger partial charge in [-0.05, 0) is 48.5 Å². The van der Waals surface area contributed by atoms with Crippen LogP contribution in [0.15, 0.2) is 67.3 Å². The molecule has 0 radical (unpaired) electrons. The number of hydrogen-bond donors (Lipinski definition) is 3. The van der Waals surface area contributed by atoms with Crippen molar-refractivity contribution >= 4 is 34.7 Å². The number of methoxy groups -OCH3 is 1. The predicted molar refractivity (Wildman–Crippen MR) is 118 cm³/mol. The summed E-state index contributed by atoms with van der Waals surface area (Å²) in [6, 6.07) is 4.10. The number of amides is 1. The summed E-state index contributed by atoms with van der Waals surface area (Å²) in [6.45, 7) is 1.03. The summed E-state index contributed by atoms with van der Waals surface area (Å²) < 4.78 is 71.9. The average Bonchev–Trinajstić information content (AvgIpc) is 2.89. The molecule has 0 aliphatic heterocycles. The van der Waals surface area contributed by atoms with Gasteiger partial charge >= 0.3 is 0 Å². The van der Waals surface area contributed by atoms with Crippen molar-refractivity contribution in [3.8, 4) is 5.75 Å². The van der Waals surface area contributed by atoms with Crippen LogP contribution in [-0.2, 0) is 9.53 Å². The van der Waals surface area contributed by atoms with Crippen LogP contribution in [-0.4, -0.2) is 36.2 Å². The van der Waals surface area contributed by atoms with Crippen molar-refractivity contribution in [2.75, 3.05) is 36.2 Å². The molecule has 160 valence electrons. The van der Waals surface area contributed by atoms with E-state index in [2.05, 4.69) is 37.2 Å². The fraction of sp³-hybridized carbons (Fsp3) is 0.136. The number of carbonyl (C=O) groups is 1. The SMILES string of the molecule is [2H]c1c([2H])c(NC(=O)C=C)c([2H])c(Nc2nc(Nc3ccc(OCC([2H])([2H])OC)cc3)ncc2F)c1[2H]. The second kappa shape index (κ2) is 10.7. The van der Waals surface area contributed by atoms with E-state index in [1.54, 1.807) is 24.3 Å². The fourth-order valence-corrected chi connectivity index (χ4v) is 2.21. The number of hydrogen-bond acceptors (Lipinski definition) is 7. The minimum Gasteiger partial charge on any atom is -0.491 e. The van der Waals surface area contributed by atoms with Crippen molar-refractivity contribution in [3.05, 3.63) is 73.1 Å². The number of benzene rings is 2. The smallest absolute Gasteiger partial charge is 0.247 e. The fourth-order valence-electron chi connectivity index (χ4n) is 2.21. The van der Waals surface area contributed by atoms with Crippen molar-refractivity contribution in [2.24, 2.45) is 0 Å². The van der Waals surface area contributed by atoms with Crippen molar-refractivity contribution < 1.29 is 26.9 Å². The third kappa shape index (κ3) is 6.51. The Labute approximate surface area is 187 Å². The van der Waals surface area contributed by atoms with Crippen LogP contribution in [0.4, 0.5) is 33.2 Å². The van der Waals surface area contributed by atoms with Gasteiger partial charge in [-0.2, -0.15) is 4.98 Å². The van der Waals surface area contributed by atoms with Gasteiger partial charge in [-0.25, -0.2) is 9.37 Å². The van der Waals surface area contributed by atoms with Gasteiger partial charge in [0, 0.05) is 24.2 Å². The van der Waals surface area contributed by atoms with Crippen LogP contribution in [0.3, 0.4) is 0 Å². The minimum atomic E-state index is -1.94. The summed E-state index contributed by atoms with van der Waals surface area (Å²) >= 11 is 0. The summed E-state index contributed by atoms with van der Waals surface area (Å²) in [6.07, 6.45) is 1.78. The standard InChI is InChI=1S/C22H22FN5O3/c1-3-20(29)25-16-5-4-6-17(13-16)26-21-19(23)14-24-22(28-21)27-15-7-9-18(10-8-15)31-12-11-30-2/h3-10,13-14H,1,11-12H2,2H3,(H,25,29)(H2,24,26,27,28)/i4D,5D,6D,11D2,13D. The first-order chi connectivity index (χ1) is 17.5. The summed E-state index contributed by atoms with van der Waals surface area (Å²) in [7, 11) is 1.23. The second-order valence-corrected chi connectivity index (χ2v) is 5.75. The zero-order valence-electron chi connectivity index (χ0n) is 22.4. The first kappa shape index (κ1) is 14.9. The summed E-state index contributed by atoms with van der Waals surface area (Å²) in [5, 5.41) is 7.60. The maximum Gasteiger partial charge on any atom is 0.247 e. The molecule has 31 heavy (non-hydrogen) atoms. The third-order valence-electron chi connectivity index (χ3n) is 3.60. The lowest BCUT2D eigenvalue weighted by Gasteiger charge is -2.11. The molecule has 9 heteroatoms. The predicted octanol–water partition coefficient (Wildman–Crippen LogP) is 4.25. The number of ether oxygens (including phenoxy) is 2. The summed E-state index contributed by atoms with van der Waals surface area (Å²) in [4.78, 5) is 19.6. The van der Waals surface area contributed by atoms with Crippen molar-refractivity contribution in [3.63, 3.8) is 0 Å². The van der Waals surface area contributed by atoms with Crippen molar-refractivity contribution in [1.82, 2.24) is 9.97 Å². The molecular weight excluding hydrogens is 401 g/mol. The van der Waals surface area contributed by atoms with Gasteiger partial charge < -0.3 is 25.4 Å². The number of halogens is 1. The van der Waals surface area contributed by atoms with Gasteiger partial charge in [-0.1, -0.05) is 12.6 Å². The molecule has 0 spiro atoms. The number of nitrogens with zero attached hydrogens (tertiary/aromatic N) is 2. The number of anilines is 5. The van der Waals surface area contributed by atoms with Crippen LogP contribution >= 0.6 is 0 Å². The lowest BCUT2D eigenvalue weighted by molar-refractivity contribution is -0.111. The Morgan fingerprint density at radius 1 is 1.26 bits per heavy atom. The quantitative estimate of drug-likeness (QED) is 0.415. The molecule has 0 fully saturated rings. The van der Waals surface area contributed by atoms with Gasteiger partial charge in [-0.3, -0.25) is 4.79 Å². The molecule has 1 heterocycles. The van der Waals surface area contributed by atoms with Gasteiger partial charge in [0.25, 0.3) is 0 Å². The van der Waals surface area contributed by atoms with Gasteiger partial charge in [0.15, 0.2) is 11.6 Å². The topological polar surface area (TPSA) is 97.4 Å². The molecule has 0 unspecified atom stereocenters. The first-order valence-corrected chi connectivity index (χ1v) is 8.84. The van der Waals surface area contributed by atoms with Crippen LogP contribution < -0.4 is 20.7 Å². The molecule has 2 aromatic carbocycles. The van der Waals surface area contributed by atoms with Gasteiger partial charge in [0.1, 0.15) is 12.4 Å². The third-order valence-corrected chi connectivity index (χ3v) is 3.60. The lowest BCUT2D eigenvalue weighted by Crippen LogP contribution is -2.07. The van der Waals surface area contributed by atoms with E-state index in [0.29, 0.717) is 11.4 Å². The highest BCUT2D eigenvalue weighted by Gasteiger charge is 2.09. The zero-order valence-corrected chi connectivity index (χ0v) is 16.4. The maximum atomic E-state index is 14.5. The van der Waals surface area contributed by atoms with Crippen LogP contribution in [0.2, 0.25) is 0 Å². The van der Waals surface area contributed by atoms with Gasteiger partial charge in [0.2, 0.25) is 11.9 Å². The van der Waals surface area contributed by atoms with Crippen molar-refractivity contribution in [1.29, 1.82) is 0 Å². The van der Waals surface area contributed by atoms with Crippen LogP contribution in [0.1, 0.15) is 8.22 Å². The molecule has 1 aromatic heterocycles. The Kier molecular flexibility index (Phi) is 5.15. The summed E-state index contributed by atoms with van der Waals surface area (Å²) in [5.74, 6) is -1.73. The highest BCUT2D eigenvalue weighted by Crippen LogP contribution is 2.23. The largest absolute Gasteiger partial charge is 0.491 e. The van der Waals surface area contributed by atoms with E-state index < -0.39 is 48.3 Å². The second-order valence-electron chi connectivity index (χ2n) is 5.75. The number of rotatable bonds is 10. The van der Waals surface area contributed by atoms with E-state index in [4.69, 9.17) is 13.0 Å². The van der Waals surface area contributed by atoms with E-state index in [1.807, 2.05) is 0 Å². The Balaban J connectivity index is 1.83. The Hall–Kier alpha value is -3.98. The monoisotopic (exact) mass is 429 g/mol. The molecule has 0 bridgehead atoms. The molecular formula is C22H22FN5O3. The molecule has 3 N–H and O–H groups in total. The van der Waals surface area contributed by atoms with E-state index in [9.17, 15) is 9.18 Å². The molecule has 3 aromatic rings. The molecule has 1 amide bonds. The maximum absolute atomic E-state index is 14.5. The van der Waals surface area contributed by atoms with Gasteiger partial charge in [0.05, 0.1) is 21.0 Å². The molecule has 0 saturated heterocycles. The molecule has 0 saturated carbocycles. The lowest BCUT2D eigenvalue weighted by atomic mass is 10.2. The van der Waals surface area contributed by atoms with E-state index in [0.717, 1.165) is 12.3 Å². The van der Waals surface area contributed by atoms with Crippen LogP contribution in [0.5, 0.6) is 5.75 Å². The van der Waals surface area contributed by atoms with Crippen molar-refractivity contribution in [2.45, 2.75) is 0 Å². The Bertz CT molecular complexity index is 1330.